The number of hydrazone groups is 1. The molecule has 1 atom stereocenters. The van der Waals surface area contributed by atoms with Gasteiger partial charge >= 0.3 is 0 Å². The molecule has 0 N–H and O–H groups in total. The second kappa shape index (κ2) is 7.52. The summed E-state index contributed by atoms with van der Waals surface area (Å²) in [6.07, 6.45) is 0.694. The van der Waals surface area contributed by atoms with Crippen molar-refractivity contribution >= 4 is 17.1 Å². The molecule has 0 amide bonds. The smallest absolute Gasteiger partial charge is 0.269 e. The summed E-state index contributed by atoms with van der Waals surface area (Å²) in [5, 5.41) is 17.8. The molecule has 3 aromatic carbocycles. The Hall–Kier alpha value is -3.67. The van der Waals surface area contributed by atoms with E-state index < -0.39 is 4.92 Å². The molecule has 28 heavy (non-hydrogen) atoms. The summed E-state index contributed by atoms with van der Waals surface area (Å²) in [5.41, 5.74) is 3.87. The number of para-hydroxylation sites is 2. The number of benzene rings is 3. The molecule has 0 bridgehead atoms. The fourth-order valence-corrected chi connectivity index (χ4v) is 3.44. The number of rotatable bonds is 5. The Bertz CT molecular complexity index is 1020. The standard InChI is InChI=1S/C22H19N3O3/c1-28-22-10-6-5-9-20(22)24-21(17-7-3-2-4-8-17)15-19(23-24)16-11-13-18(14-12-16)25(26)27/h2-14,21H,15H2,1H3/t21-/m1/s1. The number of anilines is 1. The van der Waals surface area contributed by atoms with E-state index in [1.54, 1.807) is 19.2 Å². The van der Waals surface area contributed by atoms with Crippen molar-refractivity contribution in [1.29, 1.82) is 0 Å². The molecule has 0 saturated heterocycles. The van der Waals surface area contributed by atoms with E-state index in [9.17, 15) is 10.1 Å². The molecule has 0 radical (unpaired) electrons. The molecule has 1 heterocycles. The first-order valence-corrected chi connectivity index (χ1v) is 8.97. The van der Waals surface area contributed by atoms with Crippen LogP contribution in [0.1, 0.15) is 23.6 Å². The Labute approximate surface area is 162 Å². The summed E-state index contributed by atoms with van der Waals surface area (Å²) in [5.74, 6) is 0.747. The van der Waals surface area contributed by atoms with Crippen LogP contribution in [0.2, 0.25) is 0 Å². The molecule has 140 valence electrons. The Kier molecular flexibility index (Phi) is 4.76. The van der Waals surface area contributed by atoms with E-state index in [4.69, 9.17) is 9.84 Å². The molecule has 6 heteroatoms. The molecule has 4 rings (SSSR count). The third-order valence-electron chi connectivity index (χ3n) is 4.84. The van der Waals surface area contributed by atoms with Gasteiger partial charge in [-0.05, 0) is 35.4 Å². The van der Waals surface area contributed by atoms with Crippen molar-refractivity contribution in [3.05, 3.63) is 100 Å². The first-order valence-electron chi connectivity index (χ1n) is 8.97. The monoisotopic (exact) mass is 373 g/mol. The second-order valence-corrected chi connectivity index (χ2v) is 6.50. The number of ether oxygens (including phenoxy) is 1. The van der Waals surface area contributed by atoms with Crippen LogP contribution in [0, 0.1) is 10.1 Å². The van der Waals surface area contributed by atoms with Crippen LogP contribution in [-0.2, 0) is 0 Å². The molecule has 3 aromatic rings. The van der Waals surface area contributed by atoms with Gasteiger partial charge in [0.05, 0.1) is 23.8 Å². The van der Waals surface area contributed by atoms with Crippen LogP contribution in [-0.4, -0.2) is 17.7 Å². The van der Waals surface area contributed by atoms with Crippen LogP contribution in [0.25, 0.3) is 0 Å². The maximum Gasteiger partial charge on any atom is 0.269 e. The van der Waals surface area contributed by atoms with Crippen LogP contribution in [0.15, 0.2) is 84.0 Å². The van der Waals surface area contributed by atoms with Gasteiger partial charge in [0.15, 0.2) is 0 Å². The van der Waals surface area contributed by atoms with Crippen molar-refractivity contribution < 1.29 is 9.66 Å². The molecule has 0 aromatic heterocycles. The van der Waals surface area contributed by atoms with E-state index in [-0.39, 0.29) is 11.7 Å². The van der Waals surface area contributed by atoms with Crippen molar-refractivity contribution in [2.24, 2.45) is 5.10 Å². The van der Waals surface area contributed by atoms with Gasteiger partial charge in [-0.15, -0.1) is 0 Å². The third kappa shape index (κ3) is 3.32. The lowest BCUT2D eigenvalue weighted by atomic mass is 9.98. The molecular weight excluding hydrogens is 354 g/mol. The SMILES string of the molecule is COc1ccccc1N1N=C(c2ccc([N+](=O)[O-])cc2)C[C@@H]1c1ccccc1. The number of nitrogens with zero attached hydrogens (tertiary/aromatic N) is 3. The zero-order chi connectivity index (χ0) is 19.5. The maximum atomic E-state index is 10.9. The van der Waals surface area contributed by atoms with Crippen LogP contribution in [0.3, 0.4) is 0 Å². The molecule has 0 aliphatic carbocycles. The molecule has 1 aliphatic heterocycles. The van der Waals surface area contributed by atoms with Gasteiger partial charge in [0.25, 0.3) is 5.69 Å². The first kappa shape index (κ1) is 17.7. The van der Waals surface area contributed by atoms with E-state index >= 15 is 0 Å². The topological polar surface area (TPSA) is 68.0 Å². The number of non-ortho nitro benzene ring substituents is 1. The summed E-state index contributed by atoms with van der Waals surface area (Å²) in [7, 11) is 1.65. The normalized spacial score (nSPS) is 16.0. The van der Waals surface area contributed by atoms with Gasteiger partial charge in [-0.1, -0.05) is 42.5 Å². The number of hydrogen-bond donors (Lipinski definition) is 0. The van der Waals surface area contributed by atoms with Crippen LogP contribution < -0.4 is 9.75 Å². The Balaban J connectivity index is 1.76. The van der Waals surface area contributed by atoms with E-state index in [0.717, 1.165) is 28.3 Å². The highest BCUT2D eigenvalue weighted by Gasteiger charge is 2.31. The highest BCUT2D eigenvalue weighted by atomic mass is 16.6. The van der Waals surface area contributed by atoms with Gasteiger partial charge in [0.1, 0.15) is 11.4 Å². The molecule has 0 spiro atoms. The molecular formula is C22H19N3O3. The Morgan fingerprint density at radius 2 is 1.68 bits per heavy atom. The molecule has 0 saturated carbocycles. The lowest BCUT2D eigenvalue weighted by Crippen LogP contribution is -2.19. The summed E-state index contributed by atoms with van der Waals surface area (Å²) >= 11 is 0. The van der Waals surface area contributed by atoms with Crippen LogP contribution in [0.5, 0.6) is 5.75 Å². The molecule has 6 nitrogen and oxygen atoms in total. The van der Waals surface area contributed by atoms with Crippen molar-refractivity contribution in [2.75, 3.05) is 12.1 Å². The van der Waals surface area contributed by atoms with Crippen molar-refractivity contribution in [1.82, 2.24) is 0 Å². The van der Waals surface area contributed by atoms with Crippen LogP contribution in [0.4, 0.5) is 11.4 Å². The van der Waals surface area contributed by atoms with Gasteiger partial charge in [-0.2, -0.15) is 5.10 Å². The quantitative estimate of drug-likeness (QED) is 0.468. The van der Waals surface area contributed by atoms with Gasteiger partial charge in [0, 0.05) is 18.6 Å². The zero-order valence-corrected chi connectivity index (χ0v) is 15.4. The van der Waals surface area contributed by atoms with Crippen molar-refractivity contribution in [3.8, 4) is 5.75 Å². The predicted molar refractivity (Wildman–Crippen MR) is 109 cm³/mol. The highest BCUT2D eigenvalue weighted by Crippen LogP contribution is 2.40. The van der Waals surface area contributed by atoms with Crippen LogP contribution >= 0.6 is 0 Å². The minimum Gasteiger partial charge on any atom is -0.495 e. The summed E-state index contributed by atoms with van der Waals surface area (Å²) < 4.78 is 5.54. The van der Waals surface area contributed by atoms with Crippen molar-refractivity contribution in [3.63, 3.8) is 0 Å². The average Bonchev–Trinajstić information content (AvgIpc) is 3.19. The number of hydrogen-bond acceptors (Lipinski definition) is 5. The predicted octanol–water partition coefficient (Wildman–Crippen LogP) is 4.96. The number of methoxy groups -OCH3 is 1. The van der Waals surface area contributed by atoms with Gasteiger partial charge in [-0.3, -0.25) is 15.1 Å². The second-order valence-electron chi connectivity index (χ2n) is 6.50. The largest absolute Gasteiger partial charge is 0.495 e. The first-order chi connectivity index (χ1) is 13.7. The average molecular weight is 373 g/mol. The Morgan fingerprint density at radius 3 is 2.36 bits per heavy atom. The van der Waals surface area contributed by atoms with Crippen molar-refractivity contribution in [2.45, 2.75) is 12.5 Å². The summed E-state index contributed by atoms with van der Waals surface area (Å²) in [6, 6.07) is 24.5. The fraction of sp³-hybridized carbons (Fsp3) is 0.136. The van der Waals surface area contributed by atoms with Gasteiger partial charge < -0.3 is 4.74 Å². The summed E-state index contributed by atoms with van der Waals surface area (Å²) in [6.45, 7) is 0. The maximum absolute atomic E-state index is 10.9. The Morgan fingerprint density at radius 1 is 1.00 bits per heavy atom. The fourth-order valence-electron chi connectivity index (χ4n) is 3.44. The van der Waals surface area contributed by atoms with E-state index in [2.05, 4.69) is 12.1 Å². The minimum absolute atomic E-state index is 0.0164. The van der Waals surface area contributed by atoms with E-state index in [1.807, 2.05) is 47.5 Å². The van der Waals surface area contributed by atoms with E-state index in [0.29, 0.717) is 6.42 Å². The van der Waals surface area contributed by atoms with Gasteiger partial charge in [-0.25, -0.2) is 0 Å². The number of nitro benzene ring substituents is 1. The number of nitro groups is 1. The van der Waals surface area contributed by atoms with E-state index in [1.165, 1.54) is 12.1 Å². The zero-order valence-electron chi connectivity index (χ0n) is 15.4. The third-order valence-corrected chi connectivity index (χ3v) is 4.84. The summed E-state index contributed by atoms with van der Waals surface area (Å²) in [4.78, 5) is 10.5. The van der Waals surface area contributed by atoms with Gasteiger partial charge in [0.2, 0.25) is 0 Å². The molecule has 0 fully saturated rings. The minimum atomic E-state index is -0.395. The lowest BCUT2D eigenvalue weighted by molar-refractivity contribution is -0.384. The molecule has 1 aliphatic rings. The lowest BCUT2D eigenvalue weighted by Gasteiger charge is -2.25. The molecule has 0 unspecified atom stereocenters. The highest BCUT2D eigenvalue weighted by molar-refractivity contribution is 6.03.